The van der Waals surface area contributed by atoms with Crippen LogP contribution in [0.3, 0.4) is 0 Å². The van der Waals surface area contributed by atoms with Crippen molar-refractivity contribution in [3.05, 3.63) is 0 Å². The largest absolute Gasteiger partial charge is 0.342 e. The summed E-state index contributed by atoms with van der Waals surface area (Å²) in [7, 11) is 0. The van der Waals surface area contributed by atoms with Crippen molar-refractivity contribution in [2.45, 2.75) is 13.0 Å². The van der Waals surface area contributed by atoms with E-state index < -0.39 is 0 Å². The zero-order valence-corrected chi connectivity index (χ0v) is 8.78. The van der Waals surface area contributed by atoms with Crippen molar-refractivity contribution in [1.29, 1.82) is 5.26 Å². The number of hydrogen-bond donors (Lipinski definition) is 2. The molecule has 1 unspecified atom stereocenters. The number of nitrogens with one attached hydrogen (secondary N) is 2. The van der Waals surface area contributed by atoms with Crippen molar-refractivity contribution >= 4 is 17.7 Å². The topological polar surface area (TPSA) is 64.9 Å². The Morgan fingerprint density at radius 2 is 2.38 bits per heavy atom. The van der Waals surface area contributed by atoms with Crippen LogP contribution in [0, 0.1) is 11.3 Å². The van der Waals surface area contributed by atoms with Crippen LogP contribution in [0.15, 0.2) is 0 Å². The molecule has 0 aromatic carbocycles. The van der Waals surface area contributed by atoms with Gasteiger partial charge in [-0.1, -0.05) is 0 Å². The van der Waals surface area contributed by atoms with Gasteiger partial charge < -0.3 is 10.6 Å². The minimum Gasteiger partial charge on any atom is -0.342 e. The van der Waals surface area contributed by atoms with Gasteiger partial charge in [0.2, 0.25) is 5.91 Å². The van der Waals surface area contributed by atoms with Crippen molar-refractivity contribution in [1.82, 2.24) is 10.6 Å². The predicted octanol–water partition coefficient (Wildman–Crippen LogP) is -0.0327. The number of amides is 1. The molecule has 0 bridgehead atoms. The van der Waals surface area contributed by atoms with Gasteiger partial charge in [-0.3, -0.25) is 4.79 Å². The lowest BCUT2D eigenvalue weighted by molar-refractivity contribution is -0.120. The Balaban J connectivity index is 3.41. The first-order valence-electron chi connectivity index (χ1n) is 4.06. The fraction of sp³-hybridized carbons (Fsp3) is 0.750. The maximum Gasteiger partial charge on any atom is 0.234 e. The molecule has 5 heteroatoms. The van der Waals surface area contributed by atoms with E-state index in [2.05, 4.69) is 10.6 Å². The Labute approximate surface area is 83.1 Å². The Kier molecular flexibility index (Phi) is 7.45. The lowest BCUT2D eigenvalue weighted by Gasteiger charge is -2.11. The average molecular weight is 201 g/mol. The van der Waals surface area contributed by atoms with Crippen molar-refractivity contribution in [2.75, 3.05) is 25.1 Å². The summed E-state index contributed by atoms with van der Waals surface area (Å²) < 4.78 is 0. The molecule has 0 aromatic heterocycles. The molecule has 4 nitrogen and oxygen atoms in total. The molecule has 0 saturated heterocycles. The third-order valence-corrected chi connectivity index (χ3v) is 2.23. The molecular weight excluding hydrogens is 186 g/mol. The molecule has 0 aliphatic heterocycles. The SMILES string of the molecule is CSCC(C)NCC(=O)NCC#N. The fourth-order valence-electron chi connectivity index (χ4n) is 0.776. The summed E-state index contributed by atoms with van der Waals surface area (Å²) in [5.74, 6) is 0.848. The highest BCUT2D eigenvalue weighted by Crippen LogP contribution is 1.94. The molecular formula is C8H15N3OS. The van der Waals surface area contributed by atoms with Gasteiger partial charge in [-0.15, -0.1) is 0 Å². The summed E-state index contributed by atoms with van der Waals surface area (Å²) in [5.41, 5.74) is 0. The zero-order chi connectivity index (χ0) is 10.1. The van der Waals surface area contributed by atoms with Gasteiger partial charge in [0.25, 0.3) is 0 Å². The second kappa shape index (κ2) is 7.90. The normalized spacial score (nSPS) is 11.8. The van der Waals surface area contributed by atoms with Crippen molar-refractivity contribution < 1.29 is 4.79 Å². The van der Waals surface area contributed by atoms with E-state index in [0.717, 1.165) is 5.75 Å². The number of nitrogens with zero attached hydrogens (tertiary/aromatic N) is 1. The summed E-state index contributed by atoms with van der Waals surface area (Å²) in [6, 6.07) is 2.17. The van der Waals surface area contributed by atoms with Crippen LogP contribution in [-0.2, 0) is 4.79 Å². The van der Waals surface area contributed by atoms with E-state index in [0.29, 0.717) is 6.04 Å². The number of hydrogen-bond acceptors (Lipinski definition) is 4. The van der Waals surface area contributed by atoms with Gasteiger partial charge >= 0.3 is 0 Å². The molecule has 0 aliphatic rings. The van der Waals surface area contributed by atoms with Crippen LogP contribution < -0.4 is 10.6 Å². The first-order chi connectivity index (χ1) is 6.20. The standard InChI is InChI=1S/C8H15N3OS/c1-7(6-13-2)11-5-8(12)10-4-3-9/h7,11H,4-6H2,1-2H3,(H,10,12). The Hall–Kier alpha value is -0.730. The Bertz CT molecular complexity index is 190. The van der Waals surface area contributed by atoms with E-state index in [1.54, 1.807) is 11.8 Å². The summed E-state index contributed by atoms with van der Waals surface area (Å²) >= 11 is 1.73. The summed E-state index contributed by atoms with van der Waals surface area (Å²) in [6.45, 7) is 2.38. The van der Waals surface area contributed by atoms with Crippen LogP contribution >= 0.6 is 11.8 Å². The highest BCUT2D eigenvalue weighted by molar-refractivity contribution is 7.98. The lowest BCUT2D eigenvalue weighted by Crippen LogP contribution is -2.39. The van der Waals surface area contributed by atoms with E-state index in [1.807, 2.05) is 19.2 Å². The van der Waals surface area contributed by atoms with Crippen LogP contribution in [0.25, 0.3) is 0 Å². The molecule has 1 atom stereocenters. The number of carbonyl (C=O) groups excluding carboxylic acids is 1. The molecule has 0 heterocycles. The molecule has 0 rings (SSSR count). The van der Waals surface area contributed by atoms with Crippen molar-refractivity contribution in [3.63, 3.8) is 0 Å². The highest BCUT2D eigenvalue weighted by Gasteiger charge is 2.03. The van der Waals surface area contributed by atoms with Crippen molar-refractivity contribution in [3.8, 4) is 6.07 Å². The Morgan fingerprint density at radius 3 is 2.92 bits per heavy atom. The molecule has 74 valence electrons. The quantitative estimate of drug-likeness (QED) is 0.592. The number of carbonyl (C=O) groups is 1. The van der Waals surface area contributed by atoms with E-state index in [1.165, 1.54) is 0 Å². The van der Waals surface area contributed by atoms with Crippen molar-refractivity contribution in [2.24, 2.45) is 0 Å². The molecule has 13 heavy (non-hydrogen) atoms. The van der Waals surface area contributed by atoms with Gasteiger partial charge in [0.15, 0.2) is 0 Å². The van der Waals surface area contributed by atoms with Gasteiger partial charge in [0.05, 0.1) is 12.6 Å². The molecule has 2 N–H and O–H groups in total. The van der Waals surface area contributed by atoms with Gasteiger partial charge in [0.1, 0.15) is 6.54 Å². The van der Waals surface area contributed by atoms with Crippen LogP contribution in [0.4, 0.5) is 0 Å². The second-order valence-electron chi connectivity index (χ2n) is 2.67. The van der Waals surface area contributed by atoms with Gasteiger partial charge in [0, 0.05) is 11.8 Å². The maximum atomic E-state index is 11.0. The summed E-state index contributed by atoms with van der Waals surface area (Å²) in [5, 5.41) is 13.7. The summed E-state index contributed by atoms with van der Waals surface area (Å²) in [6.07, 6.45) is 2.02. The smallest absolute Gasteiger partial charge is 0.234 e. The zero-order valence-electron chi connectivity index (χ0n) is 7.96. The minimum atomic E-state index is -0.130. The Morgan fingerprint density at radius 1 is 1.69 bits per heavy atom. The van der Waals surface area contributed by atoms with Crippen LogP contribution in [-0.4, -0.2) is 37.0 Å². The number of nitriles is 1. The molecule has 0 fully saturated rings. The third-order valence-electron chi connectivity index (χ3n) is 1.39. The van der Waals surface area contributed by atoms with E-state index >= 15 is 0 Å². The predicted molar refractivity (Wildman–Crippen MR) is 54.5 cm³/mol. The molecule has 0 saturated carbocycles. The minimum absolute atomic E-state index is 0.0808. The van der Waals surface area contributed by atoms with Crippen LogP contribution in [0.1, 0.15) is 6.92 Å². The third kappa shape index (κ3) is 7.62. The first kappa shape index (κ1) is 12.3. The monoisotopic (exact) mass is 201 g/mol. The highest BCUT2D eigenvalue weighted by atomic mass is 32.2. The molecule has 1 amide bonds. The molecule has 0 aliphatic carbocycles. The molecule has 0 spiro atoms. The average Bonchev–Trinajstić information content (AvgIpc) is 2.12. The number of rotatable bonds is 6. The first-order valence-corrected chi connectivity index (χ1v) is 5.46. The van der Waals surface area contributed by atoms with Gasteiger partial charge in [-0.2, -0.15) is 17.0 Å². The fourth-order valence-corrected chi connectivity index (χ4v) is 1.39. The molecule has 0 aromatic rings. The summed E-state index contributed by atoms with van der Waals surface area (Å²) in [4.78, 5) is 11.0. The van der Waals surface area contributed by atoms with Crippen LogP contribution in [0.5, 0.6) is 0 Å². The maximum absolute atomic E-state index is 11.0. The molecule has 0 radical (unpaired) electrons. The van der Waals surface area contributed by atoms with E-state index in [4.69, 9.17) is 5.26 Å². The number of thioether (sulfide) groups is 1. The van der Waals surface area contributed by atoms with E-state index in [-0.39, 0.29) is 19.0 Å². The lowest BCUT2D eigenvalue weighted by atomic mass is 10.4. The van der Waals surface area contributed by atoms with Gasteiger partial charge in [-0.25, -0.2) is 0 Å². The van der Waals surface area contributed by atoms with Crippen LogP contribution in [0.2, 0.25) is 0 Å². The van der Waals surface area contributed by atoms with E-state index in [9.17, 15) is 4.79 Å². The van der Waals surface area contributed by atoms with Gasteiger partial charge in [-0.05, 0) is 13.2 Å². The second-order valence-corrected chi connectivity index (χ2v) is 3.58.